The van der Waals surface area contributed by atoms with Crippen molar-refractivity contribution in [1.29, 1.82) is 0 Å². The van der Waals surface area contributed by atoms with Gasteiger partial charge in [-0.2, -0.15) is 0 Å². The highest BCUT2D eigenvalue weighted by Gasteiger charge is 2.28. The second-order valence-electron chi connectivity index (χ2n) is 33.3. The van der Waals surface area contributed by atoms with E-state index >= 15 is 0 Å². The predicted molar refractivity (Wildman–Crippen MR) is 527 cm³/mol. The van der Waals surface area contributed by atoms with E-state index in [9.17, 15) is 0 Å². The van der Waals surface area contributed by atoms with Crippen LogP contribution in [-0.2, 0) is 0 Å². The van der Waals surface area contributed by atoms with Crippen LogP contribution in [-0.4, -0.2) is 28.2 Å². The Bertz CT molecular complexity index is 9500. The Morgan fingerprint density at radius 3 is 0.960 bits per heavy atom. The van der Waals surface area contributed by atoms with Crippen molar-refractivity contribution in [1.82, 2.24) is 28.2 Å². The van der Waals surface area contributed by atoms with E-state index in [0.717, 1.165) is 149 Å². The smallest absolute Gasteiger partial charge is 0.160 e. The van der Waals surface area contributed by atoms with Gasteiger partial charge in [-0.3, -0.25) is 0 Å². The molecule has 0 unspecified atom stereocenters. The Hall–Kier alpha value is -16.9. The molecule has 0 bridgehead atoms. The molecular weight excluding hydrogens is 1530 g/mol. The van der Waals surface area contributed by atoms with Gasteiger partial charge in [0.1, 0.15) is 11.2 Å². The van der Waals surface area contributed by atoms with Crippen LogP contribution in [0.15, 0.2) is 433 Å². The van der Waals surface area contributed by atoms with Gasteiger partial charge in [0.05, 0.1) is 83.6 Å². The maximum Gasteiger partial charge on any atom is 0.160 e. The fourth-order valence-corrected chi connectivity index (χ4v) is 21.0. The van der Waals surface area contributed by atoms with Crippen LogP contribution in [0.1, 0.15) is 0 Å². The Morgan fingerprint density at radius 2 is 0.508 bits per heavy atom. The van der Waals surface area contributed by atoms with Crippen LogP contribution in [0.3, 0.4) is 0 Å². The molecule has 0 aliphatic carbocycles. The lowest BCUT2D eigenvalue weighted by Gasteiger charge is -2.15. The summed E-state index contributed by atoms with van der Waals surface area (Å²) in [7, 11) is 0. The lowest BCUT2D eigenvalue weighted by atomic mass is 9.95. The molecule has 28 rings (SSSR count). The quantitative estimate of drug-likeness (QED) is 0.142. The Morgan fingerprint density at radius 1 is 0.175 bits per heavy atom. The van der Waals surface area contributed by atoms with Crippen molar-refractivity contribution >= 4 is 196 Å². The topological polar surface area (TPSA) is 71.8 Å². The molecule has 0 fully saturated rings. The van der Waals surface area contributed by atoms with Crippen molar-refractivity contribution < 1.29 is 8.83 Å². The van der Waals surface area contributed by atoms with E-state index in [1.54, 1.807) is 0 Å². The van der Waals surface area contributed by atoms with Crippen LogP contribution in [0.5, 0.6) is 0 Å². The van der Waals surface area contributed by atoms with Gasteiger partial charge in [-0.25, -0.2) is 9.97 Å². The number of nitrogens with zero attached hydrogens (tertiary/aromatic N) is 6. The summed E-state index contributed by atoms with van der Waals surface area (Å²) in [6, 6.07) is 153. The highest BCUT2D eigenvalue weighted by Crippen LogP contribution is 2.51. The second-order valence-corrected chi connectivity index (χ2v) is 33.3. The number of pyridine rings is 2. The standard InChI is InChI=1S/2C59H35N3O/c1-2-16-37(17-3-1)58-47-35-54(59-57(44-23-9-13-28-55(44)63-59)56(47)43-22-6-10-24-48(43)60-58)62-51-26-12-8-21-42(51)46-34-39(30-32-53(46)62)38-29-31-52-45(33-38)41-20-7-11-25-50(41)61(52)49-27-14-18-36-15-4-5-19-40(36)49;1-2-15-37(16-3-1)58-48-35-54(59-57(45-21-9-13-25-55(45)63-59)56(48)44-20-6-10-22-49(44)60-58)62-51-24-12-8-19-43(51)47-34-40(28-31-53(47)62)39-27-30-52-46(33-39)42-18-7-11-23-50(42)61(52)41-29-26-36-14-4-5-17-38(36)32-41/h2*1-35H. The average Bonchev–Trinajstić information content (AvgIpc) is 1.61. The molecule has 0 radical (unpaired) electrons. The molecule has 0 amide bonds. The van der Waals surface area contributed by atoms with Crippen LogP contribution >= 0.6 is 0 Å². The van der Waals surface area contributed by atoms with Gasteiger partial charge in [-0.05, 0) is 166 Å². The van der Waals surface area contributed by atoms with Crippen molar-refractivity contribution in [3.05, 3.63) is 425 Å². The highest BCUT2D eigenvalue weighted by molar-refractivity contribution is 6.32. The summed E-state index contributed by atoms with van der Waals surface area (Å²) in [5, 5.41) is 25.7. The van der Waals surface area contributed by atoms with Crippen molar-refractivity contribution in [2.24, 2.45) is 0 Å². The Labute approximate surface area is 720 Å². The van der Waals surface area contributed by atoms with Gasteiger partial charge in [0, 0.05) is 119 Å². The van der Waals surface area contributed by atoms with E-state index < -0.39 is 0 Å². The van der Waals surface area contributed by atoms with Crippen LogP contribution < -0.4 is 0 Å². The van der Waals surface area contributed by atoms with E-state index in [2.05, 4.69) is 443 Å². The van der Waals surface area contributed by atoms with Gasteiger partial charge in [-0.15, -0.1) is 0 Å². The summed E-state index contributed by atoms with van der Waals surface area (Å²) in [4.78, 5) is 10.7. The van der Waals surface area contributed by atoms with Crippen LogP contribution in [0.25, 0.3) is 264 Å². The van der Waals surface area contributed by atoms with Crippen LogP contribution in [0.4, 0.5) is 0 Å². The molecule has 0 saturated carbocycles. The van der Waals surface area contributed by atoms with Gasteiger partial charge in [0.25, 0.3) is 0 Å². The number of hydrogen-bond donors (Lipinski definition) is 0. The number of furan rings is 2. The molecule has 0 atom stereocenters. The summed E-state index contributed by atoms with van der Waals surface area (Å²) >= 11 is 0. The maximum absolute atomic E-state index is 6.99. The molecule has 0 saturated heterocycles. The summed E-state index contributed by atoms with van der Waals surface area (Å²) in [5.41, 5.74) is 27.7. The first kappa shape index (κ1) is 69.8. The molecule has 584 valence electrons. The summed E-state index contributed by atoms with van der Waals surface area (Å²) in [5.74, 6) is 0. The SMILES string of the molecule is c1ccc(-c2nc3ccccc3c3c2cc(-n2c4ccccc4c4cc(-c5ccc6c(c5)c5ccccc5n6-c5ccc6ccccc6c5)ccc42)c2oc4ccccc4c23)cc1.c1ccc(-c2nc3ccccc3c3c2cc(-n2c4ccccc4c4cc(-c5ccc6c(c5)c5ccccc5n6-c5cccc6ccccc56)ccc42)c2oc4ccccc4c23)cc1. The molecule has 0 aliphatic rings. The first-order valence-electron chi connectivity index (χ1n) is 43.1. The molecule has 126 heavy (non-hydrogen) atoms. The normalized spacial score (nSPS) is 12.1. The van der Waals surface area contributed by atoms with E-state index in [0.29, 0.717) is 0 Å². The molecule has 20 aromatic carbocycles. The van der Waals surface area contributed by atoms with E-state index in [1.807, 2.05) is 0 Å². The van der Waals surface area contributed by atoms with Crippen molar-refractivity contribution in [3.8, 4) is 67.5 Å². The largest absolute Gasteiger partial charge is 0.454 e. The number of rotatable bonds is 8. The van der Waals surface area contributed by atoms with Crippen molar-refractivity contribution in [2.75, 3.05) is 0 Å². The van der Waals surface area contributed by atoms with Gasteiger partial charge < -0.3 is 27.1 Å². The molecule has 8 heteroatoms. The lowest BCUT2D eigenvalue weighted by Crippen LogP contribution is -1.97. The summed E-state index contributed by atoms with van der Waals surface area (Å²) in [6.45, 7) is 0. The molecule has 8 nitrogen and oxygen atoms in total. The molecular formula is C118H70N6O2. The zero-order valence-corrected chi connectivity index (χ0v) is 67.9. The van der Waals surface area contributed by atoms with Crippen LogP contribution in [0, 0.1) is 0 Å². The number of benzene rings is 20. The van der Waals surface area contributed by atoms with Crippen molar-refractivity contribution in [2.45, 2.75) is 0 Å². The van der Waals surface area contributed by atoms with Gasteiger partial charge >= 0.3 is 0 Å². The molecule has 0 aliphatic heterocycles. The minimum atomic E-state index is 0.860. The number of hydrogen-bond acceptors (Lipinski definition) is 4. The van der Waals surface area contributed by atoms with Crippen LogP contribution in [0.2, 0.25) is 0 Å². The molecule has 0 spiro atoms. The fraction of sp³-hybridized carbons (Fsp3) is 0. The highest BCUT2D eigenvalue weighted by atomic mass is 16.3. The lowest BCUT2D eigenvalue weighted by molar-refractivity contribution is 0.666. The zero-order valence-electron chi connectivity index (χ0n) is 67.9. The van der Waals surface area contributed by atoms with Crippen molar-refractivity contribution in [3.63, 3.8) is 0 Å². The van der Waals surface area contributed by atoms with Gasteiger partial charge in [0.2, 0.25) is 0 Å². The number of para-hydroxylation sites is 8. The van der Waals surface area contributed by atoms with E-state index in [1.165, 1.54) is 115 Å². The third-order valence-corrected chi connectivity index (χ3v) is 26.5. The maximum atomic E-state index is 6.99. The first-order valence-corrected chi connectivity index (χ1v) is 43.1. The minimum Gasteiger partial charge on any atom is -0.454 e. The fourth-order valence-electron chi connectivity index (χ4n) is 21.0. The van der Waals surface area contributed by atoms with E-state index in [-0.39, 0.29) is 0 Å². The van der Waals surface area contributed by atoms with E-state index in [4.69, 9.17) is 18.8 Å². The first-order chi connectivity index (χ1) is 62.5. The Balaban J connectivity index is 0.000000131. The third-order valence-electron chi connectivity index (χ3n) is 26.5. The molecule has 28 aromatic rings. The van der Waals surface area contributed by atoms with Gasteiger partial charge in [0.15, 0.2) is 11.2 Å². The number of aromatic nitrogens is 6. The zero-order chi connectivity index (χ0) is 82.3. The average molecular weight is 1600 g/mol. The molecule has 0 N–H and O–H groups in total. The minimum absolute atomic E-state index is 0.860. The van der Waals surface area contributed by atoms with Gasteiger partial charge in [-0.1, -0.05) is 297 Å². The number of fused-ring (bicyclic) bond motifs is 28. The Kier molecular flexibility index (Phi) is 15.1. The molecule has 8 aromatic heterocycles. The summed E-state index contributed by atoms with van der Waals surface area (Å²) in [6.07, 6.45) is 0. The second kappa shape index (κ2) is 27.3. The predicted octanol–water partition coefficient (Wildman–Crippen LogP) is 31.9. The summed E-state index contributed by atoms with van der Waals surface area (Å²) < 4.78 is 23.6. The monoisotopic (exact) mass is 1600 g/mol. The molecule has 8 heterocycles. The third kappa shape index (κ3) is 10.4.